The topological polar surface area (TPSA) is 87.4 Å². The number of rotatable bonds is 10. The predicted octanol–water partition coefficient (Wildman–Crippen LogP) is 7.06. The van der Waals surface area contributed by atoms with Crippen LogP contribution in [0.5, 0.6) is 0 Å². The Morgan fingerprint density at radius 1 is 1.05 bits per heavy atom. The van der Waals surface area contributed by atoms with Crippen LogP contribution in [0.3, 0.4) is 0 Å². The molecule has 0 fully saturated rings. The van der Waals surface area contributed by atoms with E-state index >= 15 is 0 Å². The second-order valence-corrected chi connectivity index (χ2v) is 11.5. The third kappa shape index (κ3) is 5.88. The number of aliphatic hydroxyl groups excluding tert-OH is 1. The molecule has 39 heavy (non-hydrogen) atoms. The minimum Gasteiger partial charge on any atom is -0.481 e. The highest BCUT2D eigenvalue weighted by Crippen LogP contribution is 2.38. The molecular weight excluding hydrogens is 513 g/mol. The third-order valence-electron chi connectivity index (χ3n) is 6.99. The zero-order chi connectivity index (χ0) is 27.7. The highest BCUT2D eigenvalue weighted by Gasteiger charge is 2.21. The summed E-state index contributed by atoms with van der Waals surface area (Å²) in [5.41, 5.74) is 5.07. The number of thiophene rings is 1. The Hall–Kier alpha value is -3.59. The smallest absolute Gasteiger partial charge is 0.304 e. The number of carboxylic acid groups (broad SMARTS) is 1. The molecule has 5 aromatic rings. The van der Waals surface area contributed by atoms with Crippen molar-refractivity contribution in [2.45, 2.75) is 45.9 Å². The van der Waals surface area contributed by atoms with Gasteiger partial charge in [-0.05, 0) is 83.3 Å². The lowest BCUT2D eigenvalue weighted by Crippen LogP contribution is -2.23. The van der Waals surface area contributed by atoms with E-state index in [-0.39, 0.29) is 24.8 Å². The molecule has 8 heteroatoms. The van der Waals surface area contributed by atoms with Crippen molar-refractivity contribution >= 4 is 38.3 Å². The van der Waals surface area contributed by atoms with Crippen molar-refractivity contribution in [3.63, 3.8) is 0 Å². The fourth-order valence-corrected chi connectivity index (χ4v) is 6.14. The van der Waals surface area contributed by atoms with Crippen molar-refractivity contribution in [3.8, 4) is 10.4 Å². The van der Waals surface area contributed by atoms with Gasteiger partial charge in [0.05, 0.1) is 24.2 Å². The maximum absolute atomic E-state index is 13.7. The lowest BCUT2D eigenvalue weighted by Gasteiger charge is -2.22. The summed E-state index contributed by atoms with van der Waals surface area (Å²) in [4.78, 5) is 11.9. The average Bonchev–Trinajstić information content (AvgIpc) is 3.49. The SMILES string of the molecule is Cc1cc2c(cnn2C(CC(C)C)c2ccc(C(O)NCCC(=O)O)cc2)cc1-c1cc2cc(F)ccc2s1. The van der Waals surface area contributed by atoms with E-state index in [0.717, 1.165) is 49.0 Å². The van der Waals surface area contributed by atoms with Crippen LogP contribution in [0, 0.1) is 18.7 Å². The van der Waals surface area contributed by atoms with E-state index in [2.05, 4.69) is 49.0 Å². The molecule has 202 valence electrons. The van der Waals surface area contributed by atoms with E-state index in [0.29, 0.717) is 11.5 Å². The standard InChI is InChI=1S/C31H32FN3O3S/c1-18(2)12-26(20-4-6-21(7-5-20)31(38)33-11-10-30(36)37)35-27-13-19(3)25(15-23(27)17-34-35)29-16-22-14-24(32)8-9-28(22)39-29/h4-9,13-18,26,31,33,38H,10-12H2,1-3H3,(H,36,37). The molecule has 3 N–H and O–H groups in total. The van der Waals surface area contributed by atoms with E-state index in [1.165, 1.54) is 6.07 Å². The monoisotopic (exact) mass is 545 g/mol. The number of nitrogens with one attached hydrogen (secondary N) is 1. The van der Waals surface area contributed by atoms with Gasteiger partial charge in [0.1, 0.15) is 12.0 Å². The van der Waals surface area contributed by atoms with Crippen LogP contribution in [-0.4, -0.2) is 32.5 Å². The molecular formula is C31H32FN3O3S. The Kier molecular flexibility index (Phi) is 7.79. The van der Waals surface area contributed by atoms with Gasteiger partial charge in [-0.25, -0.2) is 4.39 Å². The zero-order valence-electron chi connectivity index (χ0n) is 22.2. The lowest BCUT2D eigenvalue weighted by atomic mass is 9.95. The Bertz CT molecular complexity index is 1620. The number of benzene rings is 3. The van der Waals surface area contributed by atoms with Crippen molar-refractivity contribution in [2.24, 2.45) is 5.92 Å². The number of carboxylic acids is 1. The van der Waals surface area contributed by atoms with Gasteiger partial charge in [-0.2, -0.15) is 5.10 Å². The second-order valence-electron chi connectivity index (χ2n) is 10.4. The molecule has 2 unspecified atom stereocenters. The van der Waals surface area contributed by atoms with Crippen LogP contribution in [0.4, 0.5) is 4.39 Å². The molecule has 0 radical (unpaired) electrons. The van der Waals surface area contributed by atoms with Crippen molar-refractivity contribution < 1.29 is 19.4 Å². The molecule has 0 amide bonds. The number of hydrogen-bond acceptors (Lipinski definition) is 5. The summed E-state index contributed by atoms with van der Waals surface area (Å²) in [6, 6.07) is 19.1. The number of halogens is 1. The van der Waals surface area contributed by atoms with Crippen LogP contribution >= 0.6 is 11.3 Å². The lowest BCUT2D eigenvalue weighted by molar-refractivity contribution is -0.137. The molecule has 0 saturated heterocycles. The number of aryl methyl sites for hydroxylation is 1. The number of aliphatic hydroxyl groups is 1. The van der Waals surface area contributed by atoms with Crippen molar-refractivity contribution in [3.05, 3.63) is 89.4 Å². The predicted molar refractivity (Wildman–Crippen MR) is 154 cm³/mol. The Labute approximate surface area is 230 Å². The Morgan fingerprint density at radius 3 is 2.51 bits per heavy atom. The highest BCUT2D eigenvalue weighted by atomic mass is 32.1. The van der Waals surface area contributed by atoms with Gasteiger partial charge < -0.3 is 10.2 Å². The number of carbonyl (C=O) groups is 1. The molecule has 0 aliphatic carbocycles. The van der Waals surface area contributed by atoms with Crippen LogP contribution in [0.25, 0.3) is 31.4 Å². The summed E-state index contributed by atoms with van der Waals surface area (Å²) in [6.07, 6.45) is 1.81. The summed E-state index contributed by atoms with van der Waals surface area (Å²) in [7, 11) is 0. The van der Waals surface area contributed by atoms with Gasteiger partial charge in [0, 0.05) is 21.5 Å². The number of aliphatic carboxylic acids is 1. The summed E-state index contributed by atoms with van der Waals surface area (Å²) in [6.45, 7) is 6.67. The molecule has 0 bridgehead atoms. The van der Waals surface area contributed by atoms with Gasteiger partial charge in [-0.3, -0.25) is 14.8 Å². The zero-order valence-corrected chi connectivity index (χ0v) is 23.0. The first-order chi connectivity index (χ1) is 18.7. The molecule has 5 rings (SSSR count). The Morgan fingerprint density at radius 2 is 1.79 bits per heavy atom. The average molecular weight is 546 g/mol. The highest BCUT2D eigenvalue weighted by molar-refractivity contribution is 7.22. The molecule has 0 aliphatic heterocycles. The molecule has 3 aromatic carbocycles. The van der Waals surface area contributed by atoms with Gasteiger partial charge in [0.2, 0.25) is 0 Å². The number of fused-ring (bicyclic) bond motifs is 2. The summed E-state index contributed by atoms with van der Waals surface area (Å²) in [5.74, 6) is -0.709. The second kappa shape index (κ2) is 11.3. The van der Waals surface area contributed by atoms with Crippen LogP contribution in [-0.2, 0) is 4.79 Å². The first kappa shape index (κ1) is 27.0. The van der Waals surface area contributed by atoms with E-state index < -0.39 is 12.2 Å². The minimum atomic E-state index is -0.932. The van der Waals surface area contributed by atoms with Gasteiger partial charge in [0.25, 0.3) is 0 Å². The van der Waals surface area contributed by atoms with E-state index in [1.54, 1.807) is 17.4 Å². The largest absolute Gasteiger partial charge is 0.481 e. The molecule has 0 saturated carbocycles. The van der Waals surface area contributed by atoms with Crippen LogP contribution in [0.15, 0.2) is 66.9 Å². The number of aromatic nitrogens is 2. The van der Waals surface area contributed by atoms with E-state index in [1.807, 2.05) is 36.5 Å². The third-order valence-corrected chi connectivity index (χ3v) is 8.14. The van der Waals surface area contributed by atoms with Crippen LogP contribution in [0.2, 0.25) is 0 Å². The maximum Gasteiger partial charge on any atom is 0.304 e. The van der Waals surface area contributed by atoms with Gasteiger partial charge in [0.15, 0.2) is 0 Å². The fourth-order valence-electron chi connectivity index (χ4n) is 5.02. The summed E-state index contributed by atoms with van der Waals surface area (Å²) >= 11 is 1.66. The minimum absolute atomic E-state index is 0.00575. The normalized spacial score (nSPS) is 13.4. The van der Waals surface area contributed by atoms with Gasteiger partial charge in [-0.1, -0.05) is 38.1 Å². The molecule has 2 aromatic heterocycles. The van der Waals surface area contributed by atoms with Crippen molar-refractivity contribution in [1.29, 1.82) is 0 Å². The molecule has 0 spiro atoms. The van der Waals surface area contributed by atoms with E-state index in [9.17, 15) is 14.3 Å². The van der Waals surface area contributed by atoms with E-state index in [4.69, 9.17) is 10.2 Å². The first-order valence-electron chi connectivity index (χ1n) is 13.1. The molecule has 0 aliphatic rings. The quantitative estimate of drug-likeness (QED) is 0.164. The van der Waals surface area contributed by atoms with Crippen molar-refractivity contribution in [1.82, 2.24) is 15.1 Å². The fraction of sp³-hybridized carbons (Fsp3) is 0.290. The van der Waals surface area contributed by atoms with Gasteiger partial charge in [-0.15, -0.1) is 11.3 Å². The van der Waals surface area contributed by atoms with Crippen molar-refractivity contribution in [2.75, 3.05) is 6.54 Å². The number of nitrogens with zero attached hydrogens (tertiary/aromatic N) is 2. The molecule has 6 nitrogen and oxygen atoms in total. The molecule has 2 atom stereocenters. The Balaban J connectivity index is 1.46. The van der Waals surface area contributed by atoms with Gasteiger partial charge >= 0.3 is 5.97 Å². The first-order valence-corrected chi connectivity index (χ1v) is 13.9. The number of hydrogen-bond donors (Lipinski definition) is 3. The van der Waals surface area contributed by atoms with Crippen LogP contribution in [0.1, 0.15) is 55.6 Å². The maximum atomic E-state index is 13.7. The summed E-state index contributed by atoms with van der Waals surface area (Å²) in [5, 5.41) is 28.8. The summed E-state index contributed by atoms with van der Waals surface area (Å²) < 4.78 is 16.9. The molecule has 2 heterocycles. The van der Waals surface area contributed by atoms with Crippen LogP contribution < -0.4 is 5.32 Å².